The summed E-state index contributed by atoms with van der Waals surface area (Å²) in [6.45, 7) is 4.37. The molecular weight excluding hydrogens is 252 g/mol. The van der Waals surface area contributed by atoms with E-state index in [9.17, 15) is 4.79 Å². The van der Waals surface area contributed by atoms with Gasteiger partial charge in [-0.3, -0.25) is 4.79 Å². The summed E-state index contributed by atoms with van der Waals surface area (Å²) in [6.07, 6.45) is 4.86. The molecule has 2 aliphatic rings. The van der Waals surface area contributed by atoms with Gasteiger partial charge in [-0.15, -0.1) is 0 Å². The first-order valence-electron chi connectivity index (χ1n) is 7.43. The molecule has 2 saturated heterocycles. The van der Waals surface area contributed by atoms with Crippen molar-refractivity contribution in [1.82, 2.24) is 0 Å². The van der Waals surface area contributed by atoms with Gasteiger partial charge in [0.15, 0.2) is 5.78 Å². The molecule has 1 aromatic rings. The highest BCUT2D eigenvalue weighted by atomic mass is 32.2. The van der Waals surface area contributed by atoms with Crippen molar-refractivity contribution in [3.63, 3.8) is 0 Å². The van der Waals surface area contributed by atoms with E-state index < -0.39 is 0 Å². The van der Waals surface area contributed by atoms with Crippen molar-refractivity contribution in [1.29, 1.82) is 0 Å². The minimum atomic E-state index is 0.281. The zero-order chi connectivity index (χ0) is 13.4. The maximum atomic E-state index is 12.6. The van der Waals surface area contributed by atoms with Crippen LogP contribution >= 0.6 is 11.8 Å². The lowest BCUT2D eigenvalue weighted by molar-refractivity contribution is 0.0907. The molecule has 2 aliphatic heterocycles. The smallest absolute Gasteiger partial charge is 0.166 e. The van der Waals surface area contributed by atoms with Gasteiger partial charge in [-0.25, -0.2) is 0 Å². The summed E-state index contributed by atoms with van der Waals surface area (Å²) in [5, 5.41) is 1.50. The molecule has 0 aliphatic carbocycles. The molecule has 19 heavy (non-hydrogen) atoms. The molecular formula is C17H22OS. The maximum Gasteiger partial charge on any atom is 0.166 e. The third kappa shape index (κ3) is 2.74. The number of ketones is 1. The number of thioether (sulfide) groups is 1. The largest absolute Gasteiger partial charge is 0.294 e. The van der Waals surface area contributed by atoms with E-state index in [1.165, 1.54) is 18.4 Å². The second-order valence-electron chi connectivity index (χ2n) is 6.27. The van der Waals surface area contributed by atoms with E-state index in [0.29, 0.717) is 11.7 Å². The molecule has 0 aromatic heterocycles. The third-order valence-electron chi connectivity index (χ3n) is 4.52. The lowest BCUT2D eigenvalue weighted by Crippen LogP contribution is -2.24. The average Bonchev–Trinajstić information content (AvgIpc) is 2.76. The van der Waals surface area contributed by atoms with Crippen LogP contribution in [-0.2, 0) is 0 Å². The van der Waals surface area contributed by atoms with Crippen molar-refractivity contribution in [2.24, 2.45) is 5.92 Å². The summed E-state index contributed by atoms with van der Waals surface area (Å²) in [4.78, 5) is 12.6. The fourth-order valence-corrected chi connectivity index (χ4v) is 5.12. The van der Waals surface area contributed by atoms with Crippen LogP contribution in [-0.4, -0.2) is 16.3 Å². The van der Waals surface area contributed by atoms with Crippen molar-refractivity contribution in [2.75, 3.05) is 0 Å². The zero-order valence-electron chi connectivity index (χ0n) is 11.8. The van der Waals surface area contributed by atoms with Crippen LogP contribution < -0.4 is 0 Å². The van der Waals surface area contributed by atoms with Gasteiger partial charge in [0, 0.05) is 22.0 Å². The maximum absolute atomic E-state index is 12.6. The van der Waals surface area contributed by atoms with Gasteiger partial charge in [-0.05, 0) is 37.2 Å². The summed E-state index contributed by atoms with van der Waals surface area (Å²) in [5.41, 5.74) is 2.23. The zero-order valence-corrected chi connectivity index (χ0v) is 12.6. The van der Waals surface area contributed by atoms with Crippen molar-refractivity contribution in [3.8, 4) is 0 Å². The number of rotatable bonds is 3. The lowest BCUT2D eigenvalue weighted by atomic mass is 9.89. The van der Waals surface area contributed by atoms with Crippen molar-refractivity contribution in [2.45, 2.75) is 55.9 Å². The Balaban J connectivity index is 1.73. The van der Waals surface area contributed by atoms with E-state index in [4.69, 9.17) is 0 Å². The number of carbonyl (C=O) groups is 1. The molecule has 0 radical (unpaired) electrons. The van der Waals surface area contributed by atoms with E-state index in [1.54, 1.807) is 0 Å². The molecule has 2 fully saturated rings. The minimum Gasteiger partial charge on any atom is -0.294 e. The molecule has 1 aromatic carbocycles. The average molecular weight is 274 g/mol. The summed E-state index contributed by atoms with van der Waals surface area (Å²) in [6, 6.07) is 8.29. The normalized spacial score (nSPS) is 29.7. The molecule has 2 heteroatoms. The highest BCUT2D eigenvalue weighted by Crippen LogP contribution is 2.46. The number of hydrogen-bond acceptors (Lipinski definition) is 2. The fraction of sp³-hybridized carbons (Fsp3) is 0.588. The molecule has 0 spiro atoms. The molecule has 3 rings (SSSR count). The van der Waals surface area contributed by atoms with Crippen LogP contribution in [0.1, 0.15) is 61.4 Å². The first-order valence-corrected chi connectivity index (χ1v) is 8.37. The van der Waals surface area contributed by atoms with Gasteiger partial charge < -0.3 is 0 Å². The second-order valence-corrected chi connectivity index (χ2v) is 7.87. The van der Waals surface area contributed by atoms with E-state index in [1.807, 2.05) is 12.1 Å². The molecule has 1 nitrogen and oxygen atoms in total. The summed E-state index contributed by atoms with van der Waals surface area (Å²) < 4.78 is 0. The van der Waals surface area contributed by atoms with Crippen LogP contribution in [0.3, 0.4) is 0 Å². The van der Waals surface area contributed by atoms with Gasteiger partial charge in [0.1, 0.15) is 0 Å². The fourth-order valence-electron chi connectivity index (χ4n) is 3.34. The molecule has 0 N–H and O–H groups in total. The molecule has 0 amide bonds. The third-order valence-corrected chi connectivity index (χ3v) is 6.15. The highest BCUT2D eigenvalue weighted by molar-refractivity contribution is 8.00. The van der Waals surface area contributed by atoms with Gasteiger partial charge in [-0.1, -0.05) is 38.1 Å². The monoisotopic (exact) mass is 274 g/mol. The van der Waals surface area contributed by atoms with Gasteiger partial charge in [-0.2, -0.15) is 11.8 Å². The van der Waals surface area contributed by atoms with Crippen LogP contribution in [0.4, 0.5) is 0 Å². The summed E-state index contributed by atoms with van der Waals surface area (Å²) in [5.74, 6) is 1.20. The predicted octanol–water partition coefficient (Wildman–Crippen LogP) is 4.67. The molecule has 2 atom stereocenters. The highest BCUT2D eigenvalue weighted by Gasteiger charge is 2.37. The van der Waals surface area contributed by atoms with E-state index in [0.717, 1.165) is 28.9 Å². The quantitative estimate of drug-likeness (QED) is 0.745. The Bertz CT molecular complexity index is 451. The topological polar surface area (TPSA) is 17.1 Å². The van der Waals surface area contributed by atoms with E-state index in [2.05, 4.69) is 37.7 Å². The van der Waals surface area contributed by atoms with Crippen LogP contribution in [0.2, 0.25) is 0 Å². The predicted molar refractivity (Wildman–Crippen MR) is 82.0 cm³/mol. The Morgan fingerprint density at radius 1 is 1.11 bits per heavy atom. The molecule has 102 valence electrons. The number of carbonyl (C=O) groups excluding carboxylic acids is 1. The van der Waals surface area contributed by atoms with Crippen LogP contribution in [0, 0.1) is 5.92 Å². The Morgan fingerprint density at radius 3 is 2.21 bits per heavy atom. The SMILES string of the molecule is CC(C)c1ccc(C(=O)C2CC3CCC(C2)S3)cc1. The Morgan fingerprint density at radius 2 is 1.68 bits per heavy atom. The number of hydrogen-bond donors (Lipinski definition) is 0. The van der Waals surface area contributed by atoms with Crippen LogP contribution in [0.25, 0.3) is 0 Å². The van der Waals surface area contributed by atoms with Crippen molar-refractivity contribution < 1.29 is 4.79 Å². The standard InChI is InChI=1S/C17H22OS/c1-11(2)12-3-5-13(6-4-12)17(18)14-9-15-7-8-16(10-14)19-15/h3-6,11,14-16H,7-10H2,1-2H3. The number of Topliss-reactive ketones (excluding diaryl/α,β-unsaturated/α-hetero) is 1. The van der Waals surface area contributed by atoms with E-state index in [-0.39, 0.29) is 5.92 Å². The Labute approximate surface area is 120 Å². The first-order chi connectivity index (χ1) is 9.13. The van der Waals surface area contributed by atoms with Gasteiger partial charge in [0.2, 0.25) is 0 Å². The first kappa shape index (κ1) is 13.2. The van der Waals surface area contributed by atoms with Crippen molar-refractivity contribution in [3.05, 3.63) is 35.4 Å². The van der Waals surface area contributed by atoms with Gasteiger partial charge in [0.05, 0.1) is 0 Å². The van der Waals surface area contributed by atoms with Crippen molar-refractivity contribution >= 4 is 17.5 Å². The van der Waals surface area contributed by atoms with Crippen LogP contribution in [0.15, 0.2) is 24.3 Å². The number of benzene rings is 1. The Hall–Kier alpha value is -0.760. The van der Waals surface area contributed by atoms with Crippen LogP contribution in [0.5, 0.6) is 0 Å². The molecule has 2 unspecified atom stereocenters. The molecule has 0 saturated carbocycles. The summed E-state index contributed by atoms with van der Waals surface area (Å²) in [7, 11) is 0. The second kappa shape index (κ2) is 5.32. The molecule has 2 heterocycles. The molecule has 2 bridgehead atoms. The Kier molecular flexibility index (Phi) is 3.70. The minimum absolute atomic E-state index is 0.281. The number of fused-ring (bicyclic) bond motifs is 2. The lowest BCUT2D eigenvalue weighted by Gasteiger charge is -2.26. The van der Waals surface area contributed by atoms with Gasteiger partial charge in [0.25, 0.3) is 0 Å². The van der Waals surface area contributed by atoms with Gasteiger partial charge >= 0.3 is 0 Å². The van der Waals surface area contributed by atoms with E-state index >= 15 is 0 Å². The summed E-state index contributed by atoms with van der Waals surface area (Å²) >= 11 is 2.12.